The molecule has 3 aromatic rings. The van der Waals surface area contributed by atoms with E-state index in [0.717, 1.165) is 40.8 Å². The van der Waals surface area contributed by atoms with Gasteiger partial charge in [0.15, 0.2) is 0 Å². The number of nitrogens with zero attached hydrogens (tertiary/aromatic N) is 3. The molecule has 224 valence electrons. The molecule has 3 rings (SSSR count). The predicted octanol–water partition coefficient (Wildman–Crippen LogP) is 7.18. The van der Waals surface area contributed by atoms with Gasteiger partial charge in [-0.25, -0.2) is 9.31 Å². The van der Waals surface area contributed by atoms with Gasteiger partial charge in [0.25, 0.3) is 11.8 Å². The minimum absolute atomic E-state index is 0.140. The number of ether oxygens (including phenoxy) is 1. The zero-order valence-corrected chi connectivity index (χ0v) is 26.7. The van der Waals surface area contributed by atoms with Gasteiger partial charge in [-0.2, -0.15) is 4.41 Å². The molecule has 0 spiro atoms. The summed E-state index contributed by atoms with van der Waals surface area (Å²) in [5.41, 5.74) is 4.26. The molecule has 0 heterocycles. The van der Waals surface area contributed by atoms with Crippen LogP contribution in [0.4, 0.5) is 0 Å². The molecule has 42 heavy (non-hydrogen) atoms. The Morgan fingerprint density at radius 3 is 1.95 bits per heavy atom. The maximum atomic E-state index is 14.3. The van der Waals surface area contributed by atoms with Gasteiger partial charge in [-0.15, -0.1) is 0 Å². The number of carbonyl (C=O) groups is 3. The van der Waals surface area contributed by atoms with Crippen molar-refractivity contribution in [1.29, 1.82) is 0 Å². The molecule has 0 saturated carbocycles. The van der Waals surface area contributed by atoms with Crippen LogP contribution in [0.5, 0.6) is 0 Å². The third-order valence-corrected chi connectivity index (χ3v) is 7.55. The maximum absolute atomic E-state index is 14.3. The summed E-state index contributed by atoms with van der Waals surface area (Å²) in [5, 5.41) is 1.53. The van der Waals surface area contributed by atoms with Gasteiger partial charge in [-0.1, -0.05) is 66.6 Å². The topological polar surface area (TPSA) is 70.2 Å². The number of amides is 2. The van der Waals surface area contributed by atoms with Crippen molar-refractivity contribution < 1.29 is 19.1 Å². The molecule has 0 aliphatic rings. The molecule has 0 aliphatic heterocycles. The van der Waals surface area contributed by atoms with Gasteiger partial charge in [0.1, 0.15) is 0 Å². The highest BCUT2D eigenvalue weighted by molar-refractivity contribution is 7.95. The van der Waals surface area contributed by atoms with Crippen molar-refractivity contribution >= 4 is 29.9 Å². The van der Waals surface area contributed by atoms with Gasteiger partial charge < -0.3 is 4.74 Å². The second-order valence-corrected chi connectivity index (χ2v) is 12.3. The average Bonchev–Trinajstić information content (AvgIpc) is 2.94. The van der Waals surface area contributed by atoms with Crippen molar-refractivity contribution in [3.8, 4) is 0 Å². The molecule has 0 fully saturated rings. The number of hydrogen-bond acceptors (Lipinski definition) is 6. The summed E-state index contributed by atoms with van der Waals surface area (Å²) in [5.74, 6) is -0.932. The summed E-state index contributed by atoms with van der Waals surface area (Å²) in [6, 6.07) is 23.0. The van der Waals surface area contributed by atoms with Crippen molar-refractivity contribution in [1.82, 2.24) is 13.7 Å². The average molecular weight is 590 g/mol. The van der Waals surface area contributed by atoms with Crippen LogP contribution in [0.15, 0.2) is 72.8 Å². The number of rotatable bonds is 11. The maximum Gasteiger partial charge on any atom is 0.307 e. The highest BCUT2D eigenvalue weighted by Crippen LogP contribution is 2.31. The first-order chi connectivity index (χ1) is 19.9. The highest BCUT2D eigenvalue weighted by Gasteiger charge is 2.38. The van der Waals surface area contributed by atoms with E-state index in [1.54, 1.807) is 19.1 Å². The summed E-state index contributed by atoms with van der Waals surface area (Å²) in [6.07, 6.45) is 0.992. The Kier molecular flexibility index (Phi) is 11.8. The van der Waals surface area contributed by atoms with Crippen molar-refractivity contribution in [2.24, 2.45) is 0 Å². The molecule has 0 atom stereocenters. The van der Waals surface area contributed by atoms with Crippen LogP contribution in [0.25, 0.3) is 0 Å². The van der Waals surface area contributed by atoms with Crippen LogP contribution in [0, 0.1) is 13.8 Å². The van der Waals surface area contributed by atoms with E-state index in [9.17, 15) is 14.4 Å². The molecule has 0 N–H and O–H groups in total. The summed E-state index contributed by atoms with van der Waals surface area (Å²) in [6.45, 7) is 14.5. The van der Waals surface area contributed by atoms with E-state index < -0.39 is 5.54 Å². The molecule has 0 radical (unpaired) electrons. The Balaban J connectivity index is 2.10. The zero-order valence-electron chi connectivity index (χ0n) is 25.8. The van der Waals surface area contributed by atoms with Crippen LogP contribution in [0.1, 0.15) is 84.0 Å². The molecule has 2 amide bonds. The Bertz CT molecular complexity index is 1330. The summed E-state index contributed by atoms with van der Waals surface area (Å²) >= 11 is 1.14. The van der Waals surface area contributed by atoms with Crippen LogP contribution in [0.3, 0.4) is 0 Å². The lowest BCUT2D eigenvalue weighted by atomic mass is 10.0. The quantitative estimate of drug-likeness (QED) is 0.134. The van der Waals surface area contributed by atoms with Crippen LogP contribution in [-0.4, -0.2) is 50.2 Å². The third-order valence-electron chi connectivity index (χ3n) is 6.53. The number of hydrazine groups is 1. The molecule has 0 unspecified atom stereocenters. The van der Waals surface area contributed by atoms with Crippen LogP contribution in [0.2, 0.25) is 0 Å². The van der Waals surface area contributed by atoms with E-state index in [-0.39, 0.29) is 24.2 Å². The van der Waals surface area contributed by atoms with Crippen LogP contribution < -0.4 is 0 Å². The normalized spacial score (nSPS) is 11.3. The Morgan fingerprint density at radius 1 is 0.786 bits per heavy atom. The zero-order chi connectivity index (χ0) is 30.9. The SMILES string of the molecule is CCOC(=O)CCN(Cc1ccccc1)SN(C(=O)c1ccc(CC)cc1)N(C(=O)c1cc(C)cc(C)c1)C(C)(C)C. The predicted molar refractivity (Wildman–Crippen MR) is 170 cm³/mol. The van der Waals surface area contributed by atoms with E-state index in [0.29, 0.717) is 30.8 Å². The van der Waals surface area contributed by atoms with Gasteiger partial charge in [0, 0.05) is 24.2 Å². The fraction of sp³-hybridized carbons (Fsp3) is 0.382. The number of carbonyl (C=O) groups excluding carboxylic acids is 3. The van der Waals surface area contributed by atoms with E-state index in [2.05, 4.69) is 6.92 Å². The second kappa shape index (κ2) is 15.0. The fourth-order valence-corrected chi connectivity index (χ4v) is 5.70. The molecule has 0 aliphatic carbocycles. The third kappa shape index (κ3) is 9.19. The summed E-state index contributed by atoms with van der Waals surface area (Å²) in [4.78, 5) is 41.0. The van der Waals surface area contributed by atoms with E-state index in [4.69, 9.17) is 4.74 Å². The Hall–Kier alpha value is -3.62. The van der Waals surface area contributed by atoms with Crippen LogP contribution >= 0.6 is 12.1 Å². The largest absolute Gasteiger partial charge is 0.466 e. The summed E-state index contributed by atoms with van der Waals surface area (Å²) < 4.78 is 8.57. The fourth-order valence-electron chi connectivity index (χ4n) is 4.53. The molecule has 0 saturated heterocycles. The molecule has 7 nitrogen and oxygen atoms in total. The second-order valence-electron chi connectivity index (χ2n) is 11.3. The highest BCUT2D eigenvalue weighted by atomic mass is 32.2. The van der Waals surface area contributed by atoms with Gasteiger partial charge in [0.2, 0.25) is 0 Å². The molecule has 8 heteroatoms. The van der Waals surface area contributed by atoms with Crippen molar-refractivity contribution in [3.63, 3.8) is 0 Å². The lowest BCUT2D eigenvalue weighted by molar-refractivity contribution is -0.143. The van der Waals surface area contributed by atoms with E-state index in [1.165, 1.54) is 9.42 Å². The lowest BCUT2D eigenvalue weighted by Crippen LogP contribution is -2.56. The van der Waals surface area contributed by atoms with Crippen molar-refractivity contribution in [2.45, 2.75) is 73.4 Å². The number of esters is 1. The van der Waals surface area contributed by atoms with Crippen molar-refractivity contribution in [2.75, 3.05) is 13.2 Å². The van der Waals surface area contributed by atoms with E-state index >= 15 is 0 Å². The van der Waals surface area contributed by atoms with Gasteiger partial charge in [-0.05, 0) is 83.4 Å². The first-order valence-corrected chi connectivity index (χ1v) is 15.1. The minimum atomic E-state index is -0.764. The number of aryl methyl sites for hydroxylation is 3. The number of benzene rings is 3. The van der Waals surface area contributed by atoms with Crippen molar-refractivity contribution in [3.05, 3.63) is 106 Å². The molecular formula is C34H43N3O4S. The van der Waals surface area contributed by atoms with Gasteiger partial charge in [0.05, 0.1) is 30.7 Å². The van der Waals surface area contributed by atoms with E-state index in [1.807, 2.05) is 99.6 Å². The Morgan fingerprint density at radius 2 is 1.40 bits per heavy atom. The number of hydrogen-bond donors (Lipinski definition) is 0. The first kappa shape index (κ1) is 32.9. The van der Waals surface area contributed by atoms with Gasteiger partial charge in [-0.3, -0.25) is 14.4 Å². The Labute approximate surface area is 255 Å². The molecule has 0 bridgehead atoms. The van der Waals surface area contributed by atoms with Gasteiger partial charge >= 0.3 is 5.97 Å². The summed E-state index contributed by atoms with van der Waals surface area (Å²) in [7, 11) is 0. The molecule has 3 aromatic carbocycles. The minimum Gasteiger partial charge on any atom is -0.466 e. The first-order valence-electron chi connectivity index (χ1n) is 14.4. The monoisotopic (exact) mass is 589 g/mol. The standard InChI is InChI=1S/C34H43N3O4S/c1-8-27-15-17-29(18-16-27)33(40)37(36(34(5,6)7)32(39)30-22-25(3)21-26(4)23-30)42-35(20-19-31(38)41-9-2)24-28-13-11-10-12-14-28/h10-18,21-23H,8-9,19-20,24H2,1-7H3. The van der Waals surface area contributed by atoms with Crippen LogP contribution in [-0.2, 0) is 22.5 Å². The lowest BCUT2D eigenvalue weighted by Gasteiger charge is -2.43. The molecule has 0 aromatic heterocycles. The molecular weight excluding hydrogens is 546 g/mol. The smallest absolute Gasteiger partial charge is 0.307 e.